The summed E-state index contributed by atoms with van der Waals surface area (Å²) in [6.45, 7) is 3.69. The minimum atomic E-state index is -0.155. The fourth-order valence-corrected chi connectivity index (χ4v) is 9.09. The zero-order valence-corrected chi connectivity index (χ0v) is 29.9. The molecule has 0 bridgehead atoms. The van der Waals surface area contributed by atoms with Gasteiger partial charge in [-0.25, -0.2) is 0 Å². The summed E-state index contributed by atoms with van der Waals surface area (Å²) in [6, 6.07) is 1.54. The van der Waals surface area contributed by atoms with E-state index in [-0.39, 0.29) is 48.3 Å². The number of hydrogen-bond donors (Lipinski definition) is 7. The third kappa shape index (κ3) is 10.1. The van der Waals surface area contributed by atoms with Gasteiger partial charge in [0.2, 0.25) is 11.8 Å². The molecule has 2 aliphatic carbocycles. The minimum Gasteiger partial charge on any atom is -0.379 e. The Morgan fingerprint density at radius 2 is 1.35 bits per heavy atom. The van der Waals surface area contributed by atoms with Crippen molar-refractivity contribution in [2.75, 3.05) is 61.3 Å². The Bertz CT molecular complexity index is 975. The van der Waals surface area contributed by atoms with E-state index < -0.39 is 0 Å². The minimum absolute atomic E-state index is 0.0178. The SMILES string of the molecule is COC1CC2NCNC(NC3CCCC(C(=O)NCCCCNC(=O)C4CCC(C5CCC(C(OC)OC)CN5)NC4)C3)C2CC1OC. The molecule has 7 N–H and O–H groups in total. The van der Waals surface area contributed by atoms with Crippen molar-refractivity contribution in [1.29, 1.82) is 0 Å². The van der Waals surface area contributed by atoms with Crippen LogP contribution < -0.4 is 37.2 Å². The molecule has 276 valence electrons. The van der Waals surface area contributed by atoms with Gasteiger partial charge in [-0.1, -0.05) is 6.42 Å². The van der Waals surface area contributed by atoms with Crippen LogP contribution in [0.5, 0.6) is 0 Å². The van der Waals surface area contributed by atoms with Gasteiger partial charge < -0.3 is 45.5 Å². The summed E-state index contributed by atoms with van der Waals surface area (Å²) in [6.07, 6.45) is 11.9. The molecule has 3 saturated heterocycles. The normalized spacial score (nSPS) is 37.5. The highest BCUT2D eigenvalue weighted by Crippen LogP contribution is 2.33. The van der Waals surface area contributed by atoms with E-state index in [4.69, 9.17) is 18.9 Å². The first-order valence-electron chi connectivity index (χ1n) is 18.8. The number of fused-ring (bicyclic) bond motifs is 1. The maximum Gasteiger partial charge on any atom is 0.224 e. The van der Waals surface area contributed by atoms with Gasteiger partial charge in [0.25, 0.3) is 0 Å². The lowest BCUT2D eigenvalue weighted by Crippen LogP contribution is -2.67. The molecule has 0 aromatic heterocycles. The molecule has 2 amide bonds. The molecular formula is C35H65N7O6. The molecule has 0 radical (unpaired) electrons. The number of hydrogen-bond acceptors (Lipinski definition) is 11. The standard InChI is InChI=1S/C35H65N7O6/c1-45-30-17-26-29(18-31(30)46-2)40-21-41-32(26)42-25-9-7-8-22(16-25)33(43)36-14-5-6-15-37-34(44)23-10-12-27(38-19-23)28-13-11-24(20-39-28)35(47-3)48-4/h22-32,35,38-42H,5-21H2,1-4H3,(H,36,43)(H,37,44). The first-order chi connectivity index (χ1) is 23.4. The number of unbranched alkanes of at least 4 members (excludes halogenated alkanes) is 1. The van der Waals surface area contributed by atoms with Crippen LogP contribution in [-0.4, -0.2) is 122 Å². The number of amides is 2. The molecule has 11 unspecified atom stereocenters. The number of carbonyl (C=O) groups is 2. The number of piperidine rings is 2. The Balaban J connectivity index is 0.924. The van der Waals surface area contributed by atoms with Gasteiger partial charge in [-0.3, -0.25) is 20.2 Å². The van der Waals surface area contributed by atoms with E-state index in [2.05, 4.69) is 37.2 Å². The predicted octanol–water partition coefficient (Wildman–Crippen LogP) is 0.788. The first-order valence-corrected chi connectivity index (χ1v) is 18.8. The number of methoxy groups -OCH3 is 4. The van der Waals surface area contributed by atoms with Gasteiger partial charge in [0.05, 0.1) is 24.3 Å². The highest BCUT2D eigenvalue weighted by atomic mass is 16.7. The summed E-state index contributed by atoms with van der Waals surface area (Å²) >= 11 is 0. The Kier molecular flexibility index (Phi) is 15.2. The molecule has 0 aromatic carbocycles. The molecule has 11 atom stereocenters. The average Bonchev–Trinajstić information content (AvgIpc) is 3.13. The largest absolute Gasteiger partial charge is 0.379 e. The maximum atomic E-state index is 13.1. The lowest BCUT2D eigenvalue weighted by molar-refractivity contribution is -0.142. The molecule has 3 heterocycles. The van der Waals surface area contributed by atoms with Gasteiger partial charge in [-0.15, -0.1) is 0 Å². The molecule has 13 heteroatoms. The molecule has 5 rings (SSSR count). The molecule has 3 aliphatic heterocycles. The number of rotatable bonds is 15. The van der Waals surface area contributed by atoms with Gasteiger partial charge in [-0.05, 0) is 70.6 Å². The summed E-state index contributed by atoms with van der Waals surface area (Å²) in [5.41, 5.74) is 0. The van der Waals surface area contributed by atoms with Crippen molar-refractivity contribution in [3.05, 3.63) is 0 Å². The van der Waals surface area contributed by atoms with Crippen LogP contribution in [0.2, 0.25) is 0 Å². The Labute approximate surface area is 288 Å². The fourth-order valence-electron chi connectivity index (χ4n) is 9.09. The van der Waals surface area contributed by atoms with Gasteiger partial charge >= 0.3 is 0 Å². The number of nitrogens with one attached hydrogen (secondary N) is 7. The molecule has 13 nitrogen and oxygen atoms in total. The van der Waals surface area contributed by atoms with Crippen LogP contribution in [0.4, 0.5) is 0 Å². The number of ether oxygens (including phenoxy) is 4. The van der Waals surface area contributed by atoms with Crippen LogP contribution in [0, 0.1) is 23.7 Å². The Hall–Kier alpha value is -1.42. The van der Waals surface area contributed by atoms with Crippen LogP contribution in [0.25, 0.3) is 0 Å². The molecule has 5 fully saturated rings. The van der Waals surface area contributed by atoms with Crippen molar-refractivity contribution in [3.8, 4) is 0 Å². The van der Waals surface area contributed by atoms with E-state index in [0.717, 1.165) is 96.8 Å². The van der Waals surface area contributed by atoms with Crippen molar-refractivity contribution < 1.29 is 28.5 Å². The average molecular weight is 680 g/mol. The van der Waals surface area contributed by atoms with Gasteiger partial charge in [0.15, 0.2) is 6.29 Å². The van der Waals surface area contributed by atoms with Crippen molar-refractivity contribution in [2.24, 2.45) is 23.7 Å². The summed E-state index contributed by atoms with van der Waals surface area (Å²) in [7, 11) is 6.95. The fraction of sp³-hybridized carbons (Fsp3) is 0.943. The smallest absolute Gasteiger partial charge is 0.224 e. The molecule has 5 aliphatic rings. The van der Waals surface area contributed by atoms with Crippen LogP contribution in [0.3, 0.4) is 0 Å². The van der Waals surface area contributed by atoms with Crippen molar-refractivity contribution >= 4 is 11.8 Å². The van der Waals surface area contributed by atoms with E-state index >= 15 is 0 Å². The van der Waals surface area contributed by atoms with Gasteiger partial charge in [-0.2, -0.15) is 0 Å². The van der Waals surface area contributed by atoms with E-state index in [1.54, 1.807) is 28.4 Å². The molecular weight excluding hydrogens is 614 g/mol. The highest BCUT2D eigenvalue weighted by Gasteiger charge is 2.44. The molecule has 48 heavy (non-hydrogen) atoms. The Morgan fingerprint density at radius 1 is 0.688 bits per heavy atom. The summed E-state index contributed by atoms with van der Waals surface area (Å²) in [5.74, 6) is 1.16. The predicted molar refractivity (Wildman–Crippen MR) is 184 cm³/mol. The molecule has 2 saturated carbocycles. The second-order valence-corrected chi connectivity index (χ2v) is 14.9. The van der Waals surface area contributed by atoms with Crippen LogP contribution in [-0.2, 0) is 28.5 Å². The summed E-state index contributed by atoms with van der Waals surface area (Å²) in [5, 5.41) is 24.8. The van der Waals surface area contributed by atoms with Crippen molar-refractivity contribution in [1.82, 2.24) is 37.2 Å². The lowest BCUT2D eigenvalue weighted by Gasteiger charge is -2.48. The van der Waals surface area contributed by atoms with Crippen LogP contribution in [0.15, 0.2) is 0 Å². The third-order valence-corrected chi connectivity index (χ3v) is 12.0. The summed E-state index contributed by atoms with van der Waals surface area (Å²) < 4.78 is 22.4. The second-order valence-electron chi connectivity index (χ2n) is 14.9. The van der Waals surface area contributed by atoms with Crippen molar-refractivity contribution in [2.45, 2.75) is 126 Å². The van der Waals surface area contributed by atoms with E-state index in [9.17, 15) is 9.59 Å². The van der Waals surface area contributed by atoms with E-state index in [0.29, 0.717) is 49.1 Å². The molecule has 0 spiro atoms. The van der Waals surface area contributed by atoms with Gasteiger partial charge in [0, 0.05) is 103 Å². The summed E-state index contributed by atoms with van der Waals surface area (Å²) in [4.78, 5) is 25.9. The number of carbonyl (C=O) groups excluding carboxylic acids is 2. The van der Waals surface area contributed by atoms with E-state index in [1.807, 2.05) is 0 Å². The Morgan fingerprint density at radius 3 is 1.98 bits per heavy atom. The second kappa shape index (κ2) is 19.3. The maximum absolute atomic E-state index is 13.1. The zero-order valence-electron chi connectivity index (χ0n) is 29.9. The third-order valence-electron chi connectivity index (χ3n) is 12.0. The quantitative estimate of drug-likeness (QED) is 0.0971. The van der Waals surface area contributed by atoms with Crippen LogP contribution in [0.1, 0.15) is 77.0 Å². The monoisotopic (exact) mass is 679 g/mol. The highest BCUT2D eigenvalue weighted by molar-refractivity contribution is 5.79. The molecule has 0 aromatic rings. The zero-order chi connectivity index (χ0) is 33.9. The van der Waals surface area contributed by atoms with Crippen molar-refractivity contribution in [3.63, 3.8) is 0 Å². The van der Waals surface area contributed by atoms with Crippen LogP contribution >= 0.6 is 0 Å². The topological polar surface area (TPSA) is 155 Å². The first kappa shape index (κ1) is 37.8. The van der Waals surface area contributed by atoms with Gasteiger partial charge in [0.1, 0.15) is 0 Å². The lowest BCUT2D eigenvalue weighted by atomic mass is 9.77. The van der Waals surface area contributed by atoms with E-state index in [1.165, 1.54) is 0 Å².